The summed E-state index contributed by atoms with van der Waals surface area (Å²) >= 11 is 0. The van der Waals surface area contributed by atoms with Gasteiger partial charge in [0.1, 0.15) is 0 Å². The quantitative estimate of drug-likeness (QED) is 0.142. The lowest BCUT2D eigenvalue weighted by atomic mass is 9.82. The van der Waals surface area contributed by atoms with E-state index in [2.05, 4.69) is 17.6 Å². The second kappa shape index (κ2) is 14.8. The summed E-state index contributed by atoms with van der Waals surface area (Å²) in [5.74, 6) is -1.39. The van der Waals surface area contributed by atoms with Crippen LogP contribution in [0.1, 0.15) is 101 Å². The molecule has 0 unspecified atom stereocenters. The van der Waals surface area contributed by atoms with Gasteiger partial charge in [-0.15, -0.1) is 0 Å². The van der Waals surface area contributed by atoms with Crippen LogP contribution in [0.4, 0.5) is 17.1 Å². The Morgan fingerprint density at radius 1 is 0.805 bits per heavy atom. The molecule has 7 nitrogen and oxygen atoms in total. The number of rotatable bonds is 14. The van der Waals surface area contributed by atoms with Gasteiger partial charge in [0.2, 0.25) is 17.7 Å². The van der Waals surface area contributed by atoms with Gasteiger partial charge in [0.15, 0.2) is 0 Å². The molecule has 0 bridgehead atoms. The van der Waals surface area contributed by atoms with Crippen LogP contribution < -0.4 is 15.5 Å². The number of benzene rings is 2. The van der Waals surface area contributed by atoms with E-state index >= 15 is 0 Å². The number of hydrogen-bond donors (Lipinski definition) is 2. The fraction of sp³-hybridized carbons (Fsp3) is 0.471. The summed E-state index contributed by atoms with van der Waals surface area (Å²) in [6, 6.07) is 13.6. The monoisotopic (exact) mass is 557 g/mol. The van der Waals surface area contributed by atoms with E-state index in [0.717, 1.165) is 18.4 Å². The second-order valence-electron chi connectivity index (χ2n) is 11.4. The number of amides is 4. The standard InChI is InChI=1S/C34H43N3O4/c1-3-4-5-6-7-8-9-10-11-15-31(38)35-26-17-19-27(20-18-26)36-32(39)25-13-12-14-28(23-25)37-33(40)29-21-16-24(2)22-30(29)34(37)41/h12-14,16-20,23,29-30H,3-11,15,21-22H2,1-2H3,(H,35,38)(H,36,39)/t29-,30-/m1/s1. The summed E-state index contributed by atoms with van der Waals surface area (Å²) in [6.45, 7) is 4.22. The Bertz CT molecular complexity index is 1270. The van der Waals surface area contributed by atoms with Gasteiger partial charge in [-0.1, -0.05) is 76.0 Å². The highest BCUT2D eigenvalue weighted by molar-refractivity contribution is 6.22. The van der Waals surface area contributed by atoms with Crippen molar-refractivity contribution in [2.75, 3.05) is 15.5 Å². The highest BCUT2D eigenvalue weighted by Gasteiger charge is 2.48. The molecule has 4 amide bonds. The van der Waals surface area contributed by atoms with Crippen LogP contribution >= 0.6 is 0 Å². The molecular formula is C34H43N3O4. The Balaban J connectivity index is 1.23. The van der Waals surface area contributed by atoms with Crippen molar-refractivity contribution >= 4 is 40.7 Å². The lowest BCUT2D eigenvalue weighted by Crippen LogP contribution is -2.31. The van der Waals surface area contributed by atoms with Crippen molar-refractivity contribution in [3.63, 3.8) is 0 Å². The van der Waals surface area contributed by atoms with E-state index in [1.807, 2.05) is 13.0 Å². The Kier molecular flexibility index (Phi) is 10.9. The first-order valence-corrected chi connectivity index (χ1v) is 15.2. The number of fused-ring (bicyclic) bond motifs is 1. The van der Waals surface area contributed by atoms with Gasteiger partial charge in [-0.25, -0.2) is 0 Å². The zero-order chi connectivity index (χ0) is 29.2. The Morgan fingerprint density at radius 2 is 1.41 bits per heavy atom. The molecule has 1 fully saturated rings. The Labute approximate surface area is 243 Å². The van der Waals surface area contributed by atoms with Crippen LogP contribution in [0.25, 0.3) is 0 Å². The summed E-state index contributed by atoms with van der Waals surface area (Å²) in [7, 11) is 0. The number of imide groups is 1. The molecule has 41 heavy (non-hydrogen) atoms. The molecule has 218 valence electrons. The number of nitrogens with one attached hydrogen (secondary N) is 2. The molecule has 2 aromatic carbocycles. The number of nitrogens with zero attached hydrogens (tertiary/aromatic N) is 1. The average Bonchev–Trinajstić information content (AvgIpc) is 3.21. The molecule has 0 radical (unpaired) electrons. The molecule has 0 aromatic heterocycles. The average molecular weight is 558 g/mol. The minimum absolute atomic E-state index is 0.00154. The highest BCUT2D eigenvalue weighted by Crippen LogP contribution is 2.39. The van der Waals surface area contributed by atoms with Gasteiger partial charge in [0, 0.05) is 23.4 Å². The maximum absolute atomic E-state index is 13.1. The van der Waals surface area contributed by atoms with Crippen molar-refractivity contribution in [1.29, 1.82) is 0 Å². The third kappa shape index (κ3) is 8.15. The van der Waals surface area contributed by atoms with Crippen LogP contribution in [0.15, 0.2) is 60.2 Å². The van der Waals surface area contributed by atoms with Gasteiger partial charge in [0.05, 0.1) is 17.5 Å². The van der Waals surface area contributed by atoms with Gasteiger partial charge in [-0.3, -0.25) is 24.1 Å². The lowest BCUT2D eigenvalue weighted by Gasteiger charge is -2.18. The van der Waals surface area contributed by atoms with Gasteiger partial charge in [0.25, 0.3) is 5.91 Å². The third-order valence-corrected chi connectivity index (χ3v) is 8.12. The molecule has 0 spiro atoms. The first-order chi connectivity index (χ1) is 19.9. The van der Waals surface area contributed by atoms with Crippen molar-refractivity contribution in [3.05, 3.63) is 65.7 Å². The second-order valence-corrected chi connectivity index (χ2v) is 11.4. The first-order valence-electron chi connectivity index (χ1n) is 15.2. The minimum Gasteiger partial charge on any atom is -0.326 e. The fourth-order valence-electron chi connectivity index (χ4n) is 5.74. The van der Waals surface area contributed by atoms with Crippen LogP contribution in [0.3, 0.4) is 0 Å². The molecule has 2 aromatic rings. The van der Waals surface area contributed by atoms with Crippen molar-refractivity contribution in [3.8, 4) is 0 Å². The number of carbonyl (C=O) groups excluding carboxylic acids is 4. The van der Waals surface area contributed by atoms with Crippen LogP contribution in [-0.4, -0.2) is 23.6 Å². The van der Waals surface area contributed by atoms with Crippen LogP contribution in [0.5, 0.6) is 0 Å². The van der Waals surface area contributed by atoms with Crippen LogP contribution in [0, 0.1) is 11.8 Å². The smallest absolute Gasteiger partial charge is 0.255 e. The van der Waals surface area contributed by atoms with Crippen molar-refractivity contribution < 1.29 is 19.2 Å². The minimum atomic E-state index is -0.344. The molecule has 2 atom stereocenters. The zero-order valence-corrected chi connectivity index (χ0v) is 24.4. The fourth-order valence-corrected chi connectivity index (χ4v) is 5.74. The Hall–Kier alpha value is -3.74. The molecular weight excluding hydrogens is 514 g/mol. The van der Waals surface area contributed by atoms with Crippen molar-refractivity contribution in [2.24, 2.45) is 11.8 Å². The number of carbonyl (C=O) groups is 4. The molecule has 4 rings (SSSR count). The van der Waals surface area contributed by atoms with Gasteiger partial charge >= 0.3 is 0 Å². The van der Waals surface area contributed by atoms with Crippen molar-refractivity contribution in [1.82, 2.24) is 0 Å². The van der Waals surface area contributed by atoms with Gasteiger partial charge < -0.3 is 10.6 Å². The van der Waals surface area contributed by atoms with E-state index in [4.69, 9.17) is 0 Å². The number of hydrogen-bond acceptors (Lipinski definition) is 4. The molecule has 1 aliphatic carbocycles. The SMILES string of the molecule is CCCCCCCCCCCC(=O)Nc1ccc(NC(=O)c2cccc(N3C(=O)[C@@H]4CC=C(C)C[C@H]4C3=O)c2)cc1. The normalized spacial score (nSPS) is 18.2. The third-order valence-electron chi connectivity index (χ3n) is 8.12. The number of unbranched alkanes of at least 4 members (excludes halogenated alkanes) is 8. The summed E-state index contributed by atoms with van der Waals surface area (Å²) in [5.41, 5.74) is 3.17. The van der Waals surface area contributed by atoms with Gasteiger partial charge in [-0.05, 0) is 68.7 Å². The van der Waals surface area contributed by atoms with Crippen molar-refractivity contribution in [2.45, 2.75) is 90.9 Å². The molecule has 2 N–H and O–H groups in total. The predicted octanol–water partition coefficient (Wildman–Crippen LogP) is 7.64. The molecule has 1 saturated heterocycles. The lowest BCUT2D eigenvalue weighted by molar-refractivity contribution is -0.122. The van der Waals surface area contributed by atoms with Gasteiger partial charge in [-0.2, -0.15) is 0 Å². The topological polar surface area (TPSA) is 95.6 Å². The summed E-state index contributed by atoms with van der Waals surface area (Å²) in [5, 5.41) is 5.78. The zero-order valence-electron chi connectivity index (χ0n) is 24.4. The largest absolute Gasteiger partial charge is 0.326 e. The van der Waals surface area contributed by atoms with E-state index in [1.165, 1.54) is 49.8 Å². The summed E-state index contributed by atoms with van der Waals surface area (Å²) < 4.78 is 0. The molecule has 0 saturated carbocycles. The van der Waals surface area contributed by atoms with E-state index in [9.17, 15) is 19.2 Å². The highest BCUT2D eigenvalue weighted by atomic mass is 16.2. The number of allylic oxidation sites excluding steroid dienone is 2. The van der Waals surface area contributed by atoms with E-state index in [0.29, 0.717) is 41.9 Å². The summed E-state index contributed by atoms with van der Waals surface area (Å²) in [4.78, 5) is 52.6. The molecule has 1 aliphatic heterocycles. The molecule has 2 aliphatic rings. The summed E-state index contributed by atoms with van der Waals surface area (Å²) in [6.07, 6.45) is 14.6. The molecule has 1 heterocycles. The van der Waals surface area contributed by atoms with Crippen LogP contribution in [0.2, 0.25) is 0 Å². The predicted molar refractivity (Wildman–Crippen MR) is 164 cm³/mol. The first kappa shape index (κ1) is 30.2. The number of anilines is 3. The van der Waals surface area contributed by atoms with Crippen LogP contribution in [-0.2, 0) is 14.4 Å². The van der Waals surface area contributed by atoms with E-state index in [1.54, 1.807) is 48.5 Å². The maximum atomic E-state index is 13.1. The van der Waals surface area contributed by atoms with E-state index < -0.39 is 0 Å². The molecule has 7 heteroatoms. The van der Waals surface area contributed by atoms with E-state index in [-0.39, 0.29) is 35.5 Å². The Morgan fingerprint density at radius 3 is 2.10 bits per heavy atom. The maximum Gasteiger partial charge on any atom is 0.255 e.